The van der Waals surface area contributed by atoms with Gasteiger partial charge in [0.1, 0.15) is 6.04 Å². The van der Waals surface area contributed by atoms with Crippen LogP contribution in [0, 0.1) is 5.41 Å². The molecular weight excluding hydrogens is 187 g/mol. The molecule has 0 bridgehead atoms. The first-order valence-corrected chi connectivity index (χ1v) is 3.84. The summed E-state index contributed by atoms with van der Waals surface area (Å²) in [4.78, 5) is 10.2. The first kappa shape index (κ1) is 10.3. The van der Waals surface area contributed by atoms with Gasteiger partial charge in [0, 0.05) is 0 Å². The highest BCUT2D eigenvalue weighted by Gasteiger charge is 2.63. The summed E-state index contributed by atoms with van der Waals surface area (Å²) in [5.74, 6) is -1.38. The predicted molar refractivity (Wildman–Crippen MR) is 38.0 cm³/mol. The Kier molecular flexibility index (Phi) is 2.27. The monoisotopic (exact) mass is 197 g/mol. The van der Waals surface area contributed by atoms with Gasteiger partial charge in [-0.3, -0.25) is 4.79 Å². The third-order valence-electron chi connectivity index (χ3n) is 2.38. The van der Waals surface area contributed by atoms with Crippen LogP contribution in [0.25, 0.3) is 0 Å². The smallest absolute Gasteiger partial charge is 0.394 e. The molecule has 0 aliphatic heterocycles. The van der Waals surface area contributed by atoms with Crippen LogP contribution >= 0.6 is 0 Å². The molecule has 1 atom stereocenters. The van der Waals surface area contributed by atoms with Crippen molar-refractivity contribution in [3.8, 4) is 0 Å². The van der Waals surface area contributed by atoms with Gasteiger partial charge in [0.05, 0.1) is 5.41 Å². The predicted octanol–water partition coefficient (Wildman–Crippen LogP) is 1.13. The number of rotatable bonds is 3. The van der Waals surface area contributed by atoms with E-state index in [1.165, 1.54) is 0 Å². The van der Waals surface area contributed by atoms with E-state index in [0.717, 1.165) is 0 Å². The van der Waals surface area contributed by atoms with Gasteiger partial charge in [0.25, 0.3) is 0 Å². The van der Waals surface area contributed by atoms with Crippen molar-refractivity contribution in [2.75, 3.05) is 0 Å². The molecule has 0 aromatic heterocycles. The van der Waals surface area contributed by atoms with Gasteiger partial charge in [-0.15, -0.1) is 0 Å². The van der Waals surface area contributed by atoms with E-state index in [0.29, 0.717) is 0 Å². The fraction of sp³-hybridized carbons (Fsp3) is 0.857. The van der Waals surface area contributed by atoms with Gasteiger partial charge in [0.2, 0.25) is 0 Å². The molecule has 0 amide bonds. The van der Waals surface area contributed by atoms with E-state index in [9.17, 15) is 18.0 Å². The number of aliphatic carboxylic acids is 1. The largest absolute Gasteiger partial charge is 0.480 e. The van der Waals surface area contributed by atoms with Gasteiger partial charge in [-0.2, -0.15) is 13.2 Å². The standard InChI is InChI=1S/C7H10F3NO2/c8-7(9,10)6(1-2-6)3-4(11)5(12)13/h4H,1-3,11H2,(H,12,13). The quantitative estimate of drug-likeness (QED) is 0.712. The minimum Gasteiger partial charge on any atom is -0.480 e. The highest BCUT2D eigenvalue weighted by atomic mass is 19.4. The molecule has 0 aromatic rings. The van der Waals surface area contributed by atoms with Gasteiger partial charge in [-0.25, -0.2) is 0 Å². The van der Waals surface area contributed by atoms with Crippen molar-refractivity contribution in [2.24, 2.45) is 11.1 Å². The van der Waals surface area contributed by atoms with Crippen LogP contribution in [0.5, 0.6) is 0 Å². The molecule has 1 rings (SSSR count). The van der Waals surface area contributed by atoms with Crippen LogP contribution < -0.4 is 5.73 Å². The number of nitrogens with two attached hydrogens (primary N) is 1. The number of hydrogen-bond acceptors (Lipinski definition) is 2. The average Bonchev–Trinajstić information content (AvgIpc) is 2.66. The third kappa shape index (κ3) is 1.93. The van der Waals surface area contributed by atoms with E-state index in [-0.39, 0.29) is 12.8 Å². The Bertz CT molecular complexity index is 222. The highest BCUT2D eigenvalue weighted by Crippen LogP contribution is 2.60. The van der Waals surface area contributed by atoms with Crippen molar-refractivity contribution in [1.29, 1.82) is 0 Å². The third-order valence-corrected chi connectivity index (χ3v) is 2.38. The van der Waals surface area contributed by atoms with Gasteiger partial charge >= 0.3 is 12.1 Å². The number of carboxylic acids is 1. The summed E-state index contributed by atoms with van der Waals surface area (Å²) >= 11 is 0. The lowest BCUT2D eigenvalue weighted by Crippen LogP contribution is -2.37. The van der Waals surface area contributed by atoms with Gasteiger partial charge in [-0.05, 0) is 19.3 Å². The summed E-state index contributed by atoms with van der Waals surface area (Å²) in [5, 5.41) is 8.35. The van der Waals surface area contributed by atoms with Crippen LogP contribution in [0.15, 0.2) is 0 Å². The van der Waals surface area contributed by atoms with Crippen LogP contribution in [-0.4, -0.2) is 23.3 Å². The topological polar surface area (TPSA) is 63.3 Å². The van der Waals surface area contributed by atoms with Gasteiger partial charge in [-0.1, -0.05) is 0 Å². The second-order valence-corrected chi connectivity index (χ2v) is 3.43. The van der Waals surface area contributed by atoms with E-state index in [1.54, 1.807) is 0 Å². The van der Waals surface area contributed by atoms with Crippen LogP contribution in [0.3, 0.4) is 0 Å². The normalized spacial score (nSPS) is 22.5. The summed E-state index contributed by atoms with van der Waals surface area (Å²) in [7, 11) is 0. The highest BCUT2D eigenvalue weighted by molar-refractivity contribution is 5.73. The molecule has 3 N–H and O–H groups in total. The molecule has 0 spiro atoms. The Morgan fingerprint density at radius 3 is 2.23 bits per heavy atom. The van der Waals surface area contributed by atoms with Crippen molar-refractivity contribution < 1.29 is 23.1 Å². The number of alkyl halides is 3. The van der Waals surface area contributed by atoms with Crippen LogP contribution in [0.1, 0.15) is 19.3 Å². The molecule has 0 saturated heterocycles. The Morgan fingerprint density at radius 1 is 1.54 bits per heavy atom. The lowest BCUT2D eigenvalue weighted by molar-refractivity contribution is -0.190. The van der Waals surface area contributed by atoms with Crippen molar-refractivity contribution in [3.63, 3.8) is 0 Å². The first-order valence-electron chi connectivity index (χ1n) is 3.84. The maximum absolute atomic E-state index is 12.3. The molecule has 13 heavy (non-hydrogen) atoms. The number of halogens is 3. The lowest BCUT2D eigenvalue weighted by Gasteiger charge is -2.20. The van der Waals surface area contributed by atoms with Crippen molar-refractivity contribution in [2.45, 2.75) is 31.5 Å². The zero-order valence-electron chi connectivity index (χ0n) is 6.77. The number of carboxylic acid groups (broad SMARTS) is 1. The molecule has 1 aliphatic rings. The maximum Gasteiger partial charge on any atom is 0.394 e. The molecule has 0 heterocycles. The molecule has 1 saturated carbocycles. The Morgan fingerprint density at radius 2 is 2.00 bits per heavy atom. The minimum atomic E-state index is -4.32. The molecule has 0 radical (unpaired) electrons. The first-order chi connectivity index (χ1) is 5.78. The average molecular weight is 197 g/mol. The van der Waals surface area contributed by atoms with E-state index in [2.05, 4.69) is 0 Å². The Balaban J connectivity index is 2.59. The molecule has 1 aliphatic carbocycles. The second kappa shape index (κ2) is 2.87. The van der Waals surface area contributed by atoms with Crippen molar-refractivity contribution in [3.05, 3.63) is 0 Å². The minimum absolute atomic E-state index is 0.00250. The van der Waals surface area contributed by atoms with Gasteiger partial charge < -0.3 is 10.8 Å². The fourth-order valence-electron chi connectivity index (χ4n) is 1.26. The van der Waals surface area contributed by atoms with Crippen LogP contribution in [0.4, 0.5) is 13.2 Å². The Labute approximate surface area is 72.7 Å². The van der Waals surface area contributed by atoms with Crippen LogP contribution in [-0.2, 0) is 4.79 Å². The zero-order valence-corrected chi connectivity index (χ0v) is 6.77. The second-order valence-electron chi connectivity index (χ2n) is 3.43. The molecule has 6 heteroatoms. The van der Waals surface area contributed by atoms with E-state index in [4.69, 9.17) is 10.8 Å². The molecule has 1 fully saturated rings. The van der Waals surface area contributed by atoms with Gasteiger partial charge in [0.15, 0.2) is 0 Å². The molecule has 3 nitrogen and oxygen atoms in total. The SMILES string of the molecule is NC(CC1(C(F)(F)F)CC1)C(=O)O. The van der Waals surface area contributed by atoms with E-state index in [1.807, 2.05) is 0 Å². The summed E-state index contributed by atoms with van der Waals surface area (Å²) < 4.78 is 36.8. The molecule has 76 valence electrons. The summed E-state index contributed by atoms with van der Waals surface area (Å²) in [6.45, 7) is 0. The molecule has 0 aromatic carbocycles. The summed E-state index contributed by atoms with van der Waals surface area (Å²) in [5.41, 5.74) is 3.23. The molecule has 1 unspecified atom stereocenters. The molecular formula is C7H10F3NO2. The number of carbonyl (C=O) groups is 1. The summed E-state index contributed by atoms with van der Waals surface area (Å²) in [6, 6.07) is -1.41. The van der Waals surface area contributed by atoms with Crippen molar-refractivity contribution in [1.82, 2.24) is 0 Å². The lowest BCUT2D eigenvalue weighted by atomic mass is 9.97. The van der Waals surface area contributed by atoms with E-state index < -0.39 is 30.0 Å². The number of hydrogen-bond donors (Lipinski definition) is 2. The van der Waals surface area contributed by atoms with Crippen LogP contribution in [0.2, 0.25) is 0 Å². The van der Waals surface area contributed by atoms with Crippen molar-refractivity contribution >= 4 is 5.97 Å². The fourth-order valence-corrected chi connectivity index (χ4v) is 1.26. The maximum atomic E-state index is 12.3. The Hall–Kier alpha value is -0.780. The zero-order chi connectivity index (χ0) is 10.3. The summed E-state index contributed by atoms with van der Waals surface area (Å²) in [6.07, 6.45) is -4.83. The van der Waals surface area contributed by atoms with E-state index >= 15 is 0 Å².